The van der Waals surface area contributed by atoms with Gasteiger partial charge in [0.15, 0.2) is 6.04 Å². The van der Waals surface area contributed by atoms with Crippen LogP contribution in [0.5, 0.6) is 0 Å². The lowest BCUT2D eigenvalue weighted by molar-refractivity contribution is -0.918. The van der Waals surface area contributed by atoms with Crippen molar-refractivity contribution < 1.29 is 13.3 Å². The van der Waals surface area contributed by atoms with E-state index in [0.717, 1.165) is 4.90 Å². The van der Waals surface area contributed by atoms with Gasteiger partial charge < -0.3 is 4.90 Å². The molecule has 0 saturated carbocycles. The van der Waals surface area contributed by atoms with Gasteiger partial charge in [-0.05, 0) is 18.2 Å². The number of nitrogens with one attached hydrogen (secondary N) is 1. The molecule has 0 unspecified atom stereocenters. The number of hydrogen-bond acceptors (Lipinski definition) is 3. The number of hydrogen-bond donors (Lipinski definition) is 1. The molecule has 114 valence electrons. The zero-order valence-electron chi connectivity index (χ0n) is 11.5. The van der Waals surface area contributed by atoms with Crippen LogP contribution in [0.4, 0.5) is 0 Å². The Labute approximate surface area is 134 Å². The van der Waals surface area contributed by atoms with Crippen LogP contribution in [-0.4, -0.2) is 44.9 Å². The molecule has 0 spiro atoms. The van der Waals surface area contributed by atoms with Crippen molar-refractivity contribution in [2.45, 2.75) is 17.9 Å². The topological polar surface area (TPSA) is 65.6 Å². The normalized spacial score (nSPS) is 19.1. The van der Waals surface area contributed by atoms with Gasteiger partial charge in [0.1, 0.15) is 11.0 Å². The Morgan fingerprint density at radius 2 is 1.95 bits per heavy atom. The smallest absolute Gasteiger partial charge is 0.245 e. The van der Waals surface area contributed by atoms with Gasteiger partial charge >= 0.3 is 0 Å². The summed E-state index contributed by atoms with van der Waals surface area (Å²) in [6.45, 7) is 3.78. The first-order valence-corrected chi connectivity index (χ1v) is 8.75. The number of rotatable bonds is 3. The fourth-order valence-corrected chi connectivity index (χ4v) is 4.53. The van der Waals surface area contributed by atoms with Crippen molar-refractivity contribution in [3.8, 4) is 6.07 Å². The first-order chi connectivity index (χ1) is 9.86. The Balaban J connectivity index is 2.19. The molecule has 1 aromatic rings. The van der Waals surface area contributed by atoms with Crippen molar-refractivity contribution in [1.82, 2.24) is 4.31 Å². The molecule has 1 aliphatic rings. The van der Waals surface area contributed by atoms with Gasteiger partial charge in [-0.15, -0.1) is 0 Å². The highest BCUT2D eigenvalue weighted by molar-refractivity contribution is 7.89. The second-order valence-electron chi connectivity index (χ2n) is 4.99. The summed E-state index contributed by atoms with van der Waals surface area (Å²) in [6.07, 6.45) is 0. The molecule has 21 heavy (non-hydrogen) atoms. The van der Waals surface area contributed by atoms with E-state index in [0.29, 0.717) is 31.2 Å². The molecule has 0 aliphatic carbocycles. The molecule has 1 aliphatic heterocycles. The van der Waals surface area contributed by atoms with Gasteiger partial charge in [0, 0.05) is 11.9 Å². The highest BCUT2D eigenvalue weighted by atomic mass is 35.5. The van der Waals surface area contributed by atoms with Crippen molar-refractivity contribution in [1.29, 1.82) is 5.26 Å². The summed E-state index contributed by atoms with van der Waals surface area (Å²) in [5.74, 6) is 0. The SMILES string of the molecule is C[C@H](C#N)[NH+]1CCN(S(=O)(=O)c2cc(Cl)ccc2Cl)CC1. The molecule has 1 fully saturated rings. The Hall–Kier alpha value is -0.840. The predicted octanol–water partition coefficient (Wildman–Crippen LogP) is 0.795. The number of nitrogens with zero attached hydrogens (tertiary/aromatic N) is 2. The number of quaternary nitrogens is 1. The van der Waals surface area contributed by atoms with E-state index in [1.54, 1.807) is 6.07 Å². The van der Waals surface area contributed by atoms with Gasteiger partial charge in [-0.25, -0.2) is 8.42 Å². The Kier molecular flexibility index (Phi) is 5.12. The summed E-state index contributed by atoms with van der Waals surface area (Å²) in [5.41, 5.74) is 0. The van der Waals surface area contributed by atoms with E-state index in [-0.39, 0.29) is 16.0 Å². The van der Waals surface area contributed by atoms with Crippen molar-refractivity contribution in [3.05, 3.63) is 28.2 Å². The lowest BCUT2D eigenvalue weighted by Gasteiger charge is -2.32. The molecule has 1 atom stereocenters. The third-order valence-electron chi connectivity index (χ3n) is 3.68. The van der Waals surface area contributed by atoms with Crippen molar-refractivity contribution in [3.63, 3.8) is 0 Å². The predicted molar refractivity (Wildman–Crippen MR) is 81.0 cm³/mol. The maximum absolute atomic E-state index is 12.6. The van der Waals surface area contributed by atoms with Gasteiger partial charge in [-0.3, -0.25) is 0 Å². The molecule has 0 amide bonds. The molecule has 1 heterocycles. The molecule has 0 radical (unpaired) electrons. The van der Waals surface area contributed by atoms with Crippen molar-refractivity contribution in [2.24, 2.45) is 0 Å². The maximum atomic E-state index is 12.6. The fourth-order valence-electron chi connectivity index (χ4n) is 2.35. The van der Waals surface area contributed by atoms with E-state index in [2.05, 4.69) is 6.07 Å². The average Bonchev–Trinajstić information content (AvgIpc) is 2.49. The van der Waals surface area contributed by atoms with E-state index in [9.17, 15) is 8.42 Å². The van der Waals surface area contributed by atoms with E-state index >= 15 is 0 Å². The summed E-state index contributed by atoms with van der Waals surface area (Å²) in [5, 5.41) is 9.42. The fraction of sp³-hybridized carbons (Fsp3) is 0.462. The van der Waals surface area contributed by atoms with Crippen LogP contribution in [-0.2, 0) is 10.0 Å². The van der Waals surface area contributed by atoms with Crippen LogP contribution in [0.15, 0.2) is 23.1 Å². The highest BCUT2D eigenvalue weighted by Crippen LogP contribution is 2.27. The van der Waals surface area contributed by atoms with Crippen LogP contribution in [0, 0.1) is 11.3 Å². The zero-order valence-corrected chi connectivity index (χ0v) is 13.8. The first-order valence-electron chi connectivity index (χ1n) is 6.55. The monoisotopic (exact) mass is 348 g/mol. The average molecular weight is 349 g/mol. The Bertz CT molecular complexity index is 664. The van der Waals surface area contributed by atoms with E-state index < -0.39 is 10.0 Å². The zero-order chi connectivity index (χ0) is 15.6. The number of sulfonamides is 1. The Morgan fingerprint density at radius 3 is 2.52 bits per heavy atom. The standard InChI is InChI=1S/C13H15Cl2N3O2S/c1-10(9-16)17-4-6-18(7-5-17)21(19,20)13-8-11(14)2-3-12(13)15/h2-3,8,10H,4-7H2,1H3/p+1/t10-/m1/s1. The molecule has 8 heteroatoms. The van der Waals surface area contributed by atoms with Crippen LogP contribution in [0.1, 0.15) is 6.92 Å². The molecule has 0 aromatic heterocycles. The summed E-state index contributed by atoms with van der Waals surface area (Å²) >= 11 is 11.9. The minimum atomic E-state index is -3.65. The molecule has 1 saturated heterocycles. The van der Waals surface area contributed by atoms with Crippen molar-refractivity contribution in [2.75, 3.05) is 26.2 Å². The lowest BCUT2D eigenvalue weighted by Crippen LogP contribution is -3.17. The summed E-state index contributed by atoms with van der Waals surface area (Å²) in [6, 6.07) is 6.47. The third kappa shape index (κ3) is 3.50. The van der Waals surface area contributed by atoms with E-state index in [1.165, 1.54) is 16.4 Å². The minimum Gasteiger partial charge on any atom is -0.319 e. The van der Waals surface area contributed by atoms with Crippen LogP contribution >= 0.6 is 23.2 Å². The summed E-state index contributed by atoms with van der Waals surface area (Å²) < 4.78 is 26.6. The van der Waals surface area contributed by atoms with E-state index in [1.807, 2.05) is 6.92 Å². The van der Waals surface area contributed by atoms with Gasteiger partial charge in [0.2, 0.25) is 10.0 Å². The van der Waals surface area contributed by atoms with Crippen molar-refractivity contribution >= 4 is 33.2 Å². The number of benzene rings is 1. The van der Waals surface area contributed by atoms with Gasteiger partial charge in [0.25, 0.3) is 0 Å². The summed E-state index contributed by atoms with van der Waals surface area (Å²) in [7, 11) is -3.65. The third-order valence-corrected chi connectivity index (χ3v) is 6.30. The molecule has 0 bridgehead atoms. The van der Waals surface area contributed by atoms with Crippen LogP contribution in [0.2, 0.25) is 10.0 Å². The number of halogens is 2. The number of nitriles is 1. The molecule has 2 rings (SSSR count). The summed E-state index contributed by atoms with van der Waals surface area (Å²) in [4.78, 5) is 1.13. The largest absolute Gasteiger partial charge is 0.319 e. The molecular weight excluding hydrogens is 333 g/mol. The second-order valence-corrected chi connectivity index (χ2v) is 7.74. The van der Waals surface area contributed by atoms with Gasteiger partial charge in [-0.1, -0.05) is 23.2 Å². The molecular formula is C13H16Cl2N3O2S+. The van der Waals surface area contributed by atoms with Crippen LogP contribution in [0.3, 0.4) is 0 Å². The quantitative estimate of drug-likeness (QED) is 0.878. The van der Waals surface area contributed by atoms with Gasteiger partial charge in [0.05, 0.1) is 31.2 Å². The van der Waals surface area contributed by atoms with Crippen LogP contribution in [0.25, 0.3) is 0 Å². The molecule has 1 N–H and O–H groups in total. The Morgan fingerprint density at radius 1 is 1.33 bits per heavy atom. The molecule has 5 nitrogen and oxygen atoms in total. The minimum absolute atomic E-state index is 0.0356. The molecule has 1 aromatic carbocycles. The highest BCUT2D eigenvalue weighted by Gasteiger charge is 2.33. The van der Waals surface area contributed by atoms with Gasteiger partial charge in [-0.2, -0.15) is 9.57 Å². The number of piperazine rings is 1. The lowest BCUT2D eigenvalue weighted by atomic mass is 10.2. The van der Waals surface area contributed by atoms with Crippen LogP contribution < -0.4 is 4.90 Å². The maximum Gasteiger partial charge on any atom is 0.245 e. The first kappa shape index (κ1) is 16.5. The second kappa shape index (κ2) is 6.51. The van der Waals surface area contributed by atoms with E-state index in [4.69, 9.17) is 28.5 Å².